The fourth-order valence-corrected chi connectivity index (χ4v) is 6.89. The monoisotopic (exact) mass is 637 g/mol. The number of nitrogens with zero attached hydrogens (tertiary/aromatic N) is 5. The summed E-state index contributed by atoms with van der Waals surface area (Å²) in [6.45, 7) is 6.99. The van der Waals surface area contributed by atoms with Gasteiger partial charge in [-0.2, -0.15) is 0 Å². The minimum absolute atomic E-state index is 0.00141. The Balaban J connectivity index is 1.33. The molecule has 4 atom stereocenters. The number of nitrogens with one attached hydrogen (secondary N) is 2. The molecular weight excluding hydrogens is 606 g/mol. The molecular formula is C30H32ClN7O5S. The van der Waals surface area contributed by atoms with E-state index in [1.54, 1.807) is 29.8 Å². The molecule has 1 aliphatic heterocycles. The van der Waals surface area contributed by atoms with Crippen LogP contribution in [0.5, 0.6) is 0 Å². The van der Waals surface area contributed by atoms with E-state index in [4.69, 9.17) is 16.6 Å². The molecule has 230 valence electrons. The van der Waals surface area contributed by atoms with Gasteiger partial charge in [0.15, 0.2) is 5.69 Å². The SMILES string of the molecule is Cc1ccn(C2[C@H]3CN(c4nc5c([C@@H](C)Nc6ccc(Cl)nc6C(=O)NS(C)(=O)=O)cc(C)cc5c(=O)n4C)C[C@@H]23)c(=O)c1. The Morgan fingerprint density at radius 1 is 1.05 bits per heavy atom. The summed E-state index contributed by atoms with van der Waals surface area (Å²) < 4.78 is 28.7. The van der Waals surface area contributed by atoms with E-state index < -0.39 is 22.0 Å². The molecule has 1 aliphatic carbocycles. The Morgan fingerprint density at radius 3 is 2.41 bits per heavy atom. The van der Waals surface area contributed by atoms with Crippen LogP contribution in [0.25, 0.3) is 10.9 Å². The zero-order valence-corrected chi connectivity index (χ0v) is 26.4. The first-order valence-electron chi connectivity index (χ1n) is 14.1. The molecule has 6 rings (SSSR count). The van der Waals surface area contributed by atoms with Crippen molar-refractivity contribution in [3.05, 3.63) is 90.8 Å². The molecule has 2 aliphatic rings. The van der Waals surface area contributed by atoms with Crippen LogP contribution in [0, 0.1) is 25.7 Å². The normalized spacial score (nSPS) is 20.0. The van der Waals surface area contributed by atoms with Gasteiger partial charge in [0, 0.05) is 55.8 Å². The van der Waals surface area contributed by atoms with Crippen molar-refractivity contribution in [2.24, 2.45) is 18.9 Å². The number of benzene rings is 1. The third-order valence-electron chi connectivity index (χ3n) is 8.38. The smallest absolute Gasteiger partial charge is 0.285 e. The number of fused-ring (bicyclic) bond motifs is 2. The first-order valence-corrected chi connectivity index (χ1v) is 16.4. The van der Waals surface area contributed by atoms with Crippen molar-refractivity contribution in [1.82, 2.24) is 23.8 Å². The van der Waals surface area contributed by atoms with E-state index in [2.05, 4.69) is 15.2 Å². The van der Waals surface area contributed by atoms with Gasteiger partial charge in [0.1, 0.15) is 5.15 Å². The summed E-state index contributed by atoms with van der Waals surface area (Å²) in [5.74, 6) is 0.195. The minimum Gasteiger partial charge on any atom is -0.377 e. The first-order chi connectivity index (χ1) is 20.7. The highest BCUT2D eigenvalue weighted by Gasteiger charge is 2.57. The number of anilines is 2. The molecule has 0 spiro atoms. The van der Waals surface area contributed by atoms with Crippen molar-refractivity contribution < 1.29 is 13.2 Å². The van der Waals surface area contributed by atoms with Gasteiger partial charge in [-0.15, -0.1) is 0 Å². The maximum atomic E-state index is 13.7. The van der Waals surface area contributed by atoms with Gasteiger partial charge >= 0.3 is 0 Å². The summed E-state index contributed by atoms with van der Waals surface area (Å²) in [5, 5.41) is 3.72. The van der Waals surface area contributed by atoms with E-state index in [1.807, 2.05) is 48.4 Å². The fourth-order valence-electron chi connectivity index (χ4n) is 6.31. The quantitative estimate of drug-likeness (QED) is 0.292. The predicted octanol–water partition coefficient (Wildman–Crippen LogP) is 2.93. The van der Waals surface area contributed by atoms with Gasteiger partial charge in [-0.3, -0.25) is 19.0 Å². The number of piperidine rings is 1. The summed E-state index contributed by atoms with van der Waals surface area (Å²) in [6.07, 6.45) is 2.74. The molecule has 1 saturated carbocycles. The highest BCUT2D eigenvalue weighted by Crippen LogP contribution is 2.55. The summed E-state index contributed by atoms with van der Waals surface area (Å²) in [5.41, 5.74) is 2.92. The van der Waals surface area contributed by atoms with E-state index >= 15 is 0 Å². The van der Waals surface area contributed by atoms with E-state index in [0.29, 0.717) is 29.9 Å². The van der Waals surface area contributed by atoms with E-state index in [9.17, 15) is 22.8 Å². The van der Waals surface area contributed by atoms with Gasteiger partial charge in [-0.25, -0.2) is 23.1 Å². The molecule has 1 amide bonds. The van der Waals surface area contributed by atoms with Crippen molar-refractivity contribution in [1.29, 1.82) is 0 Å². The predicted molar refractivity (Wildman–Crippen MR) is 169 cm³/mol. The average molecular weight is 638 g/mol. The topological polar surface area (TPSA) is 148 Å². The van der Waals surface area contributed by atoms with Crippen LogP contribution >= 0.6 is 11.6 Å². The summed E-state index contributed by atoms with van der Waals surface area (Å²) in [4.78, 5) is 50.1. The number of pyridine rings is 2. The minimum atomic E-state index is -3.84. The molecule has 14 heteroatoms. The molecule has 44 heavy (non-hydrogen) atoms. The number of amides is 1. The molecule has 2 N–H and O–H groups in total. The largest absolute Gasteiger partial charge is 0.377 e. The van der Waals surface area contributed by atoms with Crippen LogP contribution < -0.4 is 26.1 Å². The standard InChI is InChI=1S/C30H32ClN7O5S/c1-15-8-9-38(24(39)12-15)27-20-13-37(14-21(20)27)30-34-25-18(10-16(2)11-19(25)29(41)36(30)4)17(3)32-22-6-7-23(31)33-26(22)28(40)35-44(5,42)43/h6-12,17,20-21,27,32H,13-14H2,1-5H3,(H,35,40)/t17-,20-,21+,27?/m1/s1. The summed E-state index contributed by atoms with van der Waals surface area (Å²) in [6, 6.07) is 10.0. The van der Waals surface area contributed by atoms with Gasteiger partial charge < -0.3 is 14.8 Å². The number of hydrogen-bond donors (Lipinski definition) is 2. The Bertz CT molecular complexity index is 2060. The van der Waals surface area contributed by atoms with E-state index in [1.165, 1.54) is 6.07 Å². The van der Waals surface area contributed by atoms with Crippen molar-refractivity contribution in [2.75, 3.05) is 29.6 Å². The van der Waals surface area contributed by atoms with Gasteiger partial charge in [0.25, 0.3) is 17.0 Å². The third kappa shape index (κ3) is 5.45. The van der Waals surface area contributed by atoms with Crippen molar-refractivity contribution >= 4 is 50.1 Å². The third-order valence-corrected chi connectivity index (χ3v) is 9.15. The Labute approximate surface area is 258 Å². The van der Waals surface area contributed by atoms with Crippen LogP contribution in [-0.2, 0) is 17.1 Å². The number of aryl methyl sites for hydroxylation is 2. The number of halogens is 1. The van der Waals surface area contributed by atoms with Crippen LogP contribution in [-0.4, -0.2) is 52.8 Å². The molecule has 3 aromatic heterocycles. The maximum Gasteiger partial charge on any atom is 0.285 e. The second kappa shape index (κ2) is 10.7. The van der Waals surface area contributed by atoms with Crippen LogP contribution in [0.3, 0.4) is 0 Å². The summed E-state index contributed by atoms with van der Waals surface area (Å²) in [7, 11) is -2.13. The van der Waals surface area contributed by atoms with Crippen LogP contribution in [0.4, 0.5) is 11.6 Å². The molecule has 0 bridgehead atoms. The highest BCUT2D eigenvalue weighted by atomic mass is 35.5. The Hall–Kier alpha value is -4.23. The molecule has 1 saturated heterocycles. The average Bonchev–Trinajstić information content (AvgIpc) is 3.41. The lowest BCUT2D eigenvalue weighted by molar-refractivity contribution is 0.0977. The lowest BCUT2D eigenvalue weighted by Gasteiger charge is -2.25. The Morgan fingerprint density at radius 2 is 1.75 bits per heavy atom. The molecule has 1 aromatic carbocycles. The number of aromatic nitrogens is 4. The van der Waals surface area contributed by atoms with Gasteiger partial charge in [0.05, 0.1) is 28.9 Å². The Kier molecular flexibility index (Phi) is 7.28. The maximum absolute atomic E-state index is 13.7. The molecule has 4 aromatic rings. The number of hydrogen-bond acceptors (Lipinski definition) is 9. The van der Waals surface area contributed by atoms with Crippen molar-refractivity contribution in [3.63, 3.8) is 0 Å². The van der Waals surface area contributed by atoms with Crippen molar-refractivity contribution in [2.45, 2.75) is 32.9 Å². The second-order valence-corrected chi connectivity index (χ2v) is 13.9. The van der Waals surface area contributed by atoms with Crippen LogP contribution in [0.15, 0.2) is 52.2 Å². The van der Waals surface area contributed by atoms with Gasteiger partial charge in [-0.1, -0.05) is 17.7 Å². The zero-order chi connectivity index (χ0) is 31.7. The lowest BCUT2D eigenvalue weighted by Crippen LogP contribution is -2.33. The molecule has 2 fully saturated rings. The van der Waals surface area contributed by atoms with E-state index in [0.717, 1.165) is 22.9 Å². The van der Waals surface area contributed by atoms with Crippen LogP contribution in [0.2, 0.25) is 5.15 Å². The molecule has 1 unspecified atom stereocenters. The molecule has 0 radical (unpaired) electrons. The zero-order valence-electron chi connectivity index (χ0n) is 24.8. The lowest BCUT2D eigenvalue weighted by atomic mass is 10.0. The number of carbonyl (C=O) groups is 1. The van der Waals surface area contributed by atoms with E-state index in [-0.39, 0.29) is 45.5 Å². The number of sulfonamides is 1. The van der Waals surface area contributed by atoms with Gasteiger partial charge in [0.2, 0.25) is 16.0 Å². The summed E-state index contributed by atoms with van der Waals surface area (Å²) >= 11 is 6.03. The highest BCUT2D eigenvalue weighted by molar-refractivity contribution is 7.89. The first kappa shape index (κ1) is 29.8. The molecule has 4 heterocycles. The number of rotatable bonds is 7. The second-order valence-electron chi connectivity index (χ2n) is 11.8. The van der Waals surface area contributed by atoms with Crippen LogP contribution in [0.1, 0.15) is 46.2 Å². The molecule has 12 nitrogen and oxygen atoms in total. The van der Waals surface area contributed by atoms with Gasteiger partial charge in [-0.05, 0) is 56.2 Å². The number of carbonyl (C=O) groups excluding carboxylic acids is 1. The fraction of sp³-hybridized carbons (Fsp3) is 0.367. The van der Waals surface area contributed by atoms with Crippen molar-refractivity contribution in [3.8, 4) is 0 Å².